The minimum Gasteiger partial charge on any atom is -0.338 e. The highest BCUT2D eigenvalue weighted by atomic mass is 32.2. The normalized spacial score (nSPS) is 21.2. The molecule has 0 bridgehead atoms. The van der Waals surface area contributed by atoms with Gasteiger partial charge in [-0.1, -0.05) is 18.2 Å². The fourth-order valence-corrected chi connectivity index (χ4v) is 5.68. The Hall–Kier alpha value is -1.56. The monoisotopic (exact) mass is 392 g/mol. The molecule has 0 aliphatic carbocycles. The number of benzene rings is 1. The van der Waals surface area contributed by atoms with Crippen molar-refractivity contribution in [3.8, 4) is 0 Å². The number of carbonyl (C=O) groups is 1. The van der Waals surface area contributed by atoms with Crippen molar-refractivity contribution in [3.05, 3.63) is 34.9 Å². The molecule has 0 saturated carbocycles. The van der Waals surface area contributed by atoms with Crippen molar-refractivity contribution in [2.75, 3.05) is 31.1 Å². The van der Waals surface area contributed by atoms with E-state index in [1.807, 2.05) is 4.90 Å². The third-order valence-corrected chi connectivity index (χ3v) is 7.93. The highest BCUT2D eigenvalue weighted by molar-refractivity contribution is 7.91. The molecule has 0 spiro atoms. The van der Waals surface area contributed by atoms with E-state index in [-0.39, 0.29) is 17.5 Å². The molecule has 0 unspecified atom stereocenters. The number of nitrogens with zero attached hydrogens (tertiary/aromatic N) is 1. The van der Waals surface area contributed by atoms with E-state index in [1.165, 1.54) is 16.7 Å². The standard InChI is InChI=1S/C21H32N2O3S/c1-16-3-4-20(13-17(16)2)14-18-5-9-23(10-6-18)21(24)22-15-19-7-11-27(25,26)12-8-19/h3-4,13,18-19H,5-12,14-15H2,1-2H3,(H,22,24). The van der Waals surface area contributed by atoms with Crippen molar-refractivity contribution >= 4 is 15.9 Å². The zero-order valence-electron chi connectivity index (χ0n) is 16.5. The lowest BCUT2D eigenvalue weighted by molar-refractivity contribution is 0.168. The lowest BCUT2D eigenvalue weighted by Crippen LogP contribution is -2.46. The smallest absolute Gasteiger partial charge is 0.317 e. The quantitative estimate of drug-likeness (QED) is 0.856. The Labute approximate surface area is 163 Å². The summed E-state index contributed by atoms with van der Waals surface area (Å²) in [7, 11) is -2.84. The Kier molecular flexibility index (Phi) is 6.45. The van der Waals surface area contributed by atoms with Crippen LogP contribution in [0.4, 0.5) is 4.79 Å². The first-order valence-electron chi connectivity index (χ1n) is 10.1. The average Bonchev–Trinajstić information content (AvgIpc) is 2.64. The molecule has 5 nitrogen and oxygen atoms in total. The first-order chi connectivity index (χ1) is 12.8. The molecule has 2 heterocycles. The van der Waals surface area contributed by atoms with Crippen LogP contribution in [-0.4, -0.2) is 50.5 Å². The summed E-state index contributed by atoms with van der Waals surface area (Å²) in [4.78, 5) is 14.3. The molecule has 150 valence electrons. The van der Waals surface area contributed by atoms with Crippen molar-refractivity contribution in [2.45, 2.75) is 46.0 Å². The molecule has 2 fully saturated rings. The molecule has 0 radical (unpaired) electrons. The Balaban J connectivity index is 1.39. The van der Waals surface area contributed by atoms with E-state index in [9.17, 15) is 13.2 Å². The largest absolute Gasteiger partial charge is 0.338 e. The summed E-state index contributed by atoms with van der Waals surface area (Å²) < 4.78 is 23.0. The lowest BCUT2D eigenvalue weighted by Gasteiger charge is -2.33. The van der Waals surface area contributed by atoms with Gasteiger partial charge in [-0.15, -0.1) is 0 Å². The maximum absolute atomic E-state index is 12.4. The Bertz CT molecular complexity index is 754. The van der Waals surface area contributed by atoms with Gasteiger partial charge in [0.1, 0.15) is 9.84 Å². The van der Waals surface area contributed by atoms with E-state index in [0.717, 1.165) is 32.4 Å². The van der Waals surface area contributed by atoms with Crippen molar-refractivity contribution in [1.82, 2.24) is 10.2 Å². The van der Waals surface area contributed by atoms with Crippen LogP contribution in [0, 0.1) is 25.7 Å². The maximum atomic E-state index is 12.4. The van der Waals surface area contributed by atoms with E-state index in [0.29, 0.717) is 31.2 Å². The molecule has 3 rings (SSSR count). The second-order valence-electron chi connectivity index (χ2n) is 8.33. The topological polar surface area (TPSA) is 66.5 Å². The lowest BCUT2D eigenvalue weighted by atomic mass is 9.89. The van der Waals surface area contributed by atoms with Gasteiger partial charge in [-0.25, -0.2) is 13.2 Å². The minimum atomic E-state index is -2.84. The fraction of sp³-hybridized carbons (Fsp3) is 0.667. The van der Waals surface area contributed by atoms with Crippen molar-refractivity contribution < 1.29 is 13.2 Å². The zero-order chi connectivity index (χ0) is 19.4. The van der Waals surface area contributed by atoms with Gasteiger partial charge >= 0.3 is 6.03 Å². The Morgan fingerprint density at radius 1 is 1.04 bits per heavy atom. The number of piperidine rings is 1. The number of amides is 2. The number of hydrogen-bond donors (Lipinski definition) is 1. The maximum Gasteiger partial charge on any atom is 0.317 e. The molecule has 2 amide bonds. The van der Waals surface area contributed by atoms with Crippen molar-refractivity contribution in [2.24, 2.45) is 11.8 Å². The number of nitrogens with one attached hydrogen (secondary N) is 1. The molecule has 1 aromatic rings. The third-order valence-electron chi connectivity index (χ3n) is 6.21. The Morgan fingerprint density at radius 3 is 2.33 bits per heavy atom. The number of likely N-dealkylation sites (tertiary alicyclic amines) is 1. The van der Waals surface area contributed by atoms with Crippen LogP contribution in [0.3, 0.4) is 0 Å². The fourth-order valence-electron chi connectivity index (χ4n) is 4.09. The molecule has 2 aliphatic heterocycles. The van der Waals surface area contributed by atoms with Gasteiger partial charge in [0.05, 0.1) is 11.5 Å². The van der Waals surface area contributed by atoms with Crippen LogP contribution in [-0.2, 0) is 16.3 Å². The second kappa shape index (κ2) is 8.63. The first kappa shape index (κ1) is 20.2. The van der Waals surface area contributed by atoms with Gasteiger partial charge in [-0.05, 0) is 74.5 Å². The molecule has 6 heteroatoms. The summed E-state index contributed by atoms with van der Waals surface area (Å²) >= 11 is 0. The summed E-state index contributed by atoms with van der Waals surface area (Å²) in [6, 6.07) is 6.72. The molecular weight excluding hydrogens is 360 g/mol. The molecule has 1 aromatic carbocycles. The van der Waals surface area contributed by atoms with Gasteiger partial charge in [-0.2, -0.15) is 0 Å². The molecule has 2 aliphatic rings. The van der Waals surface area contributed by atoms with E-state index in [1.54, 1.807) is 0 Å². The number of hydrogen-bond acceptors (Lipinski definition) is 3. The number of aryl methyl sites for hydroxylation is 2. The van der Waals surface area contributed by atoms with Crippen LogP contribution in [0.15, 0.2) is 18.2 Å². The van der Waals surface area contributed by atoms with E-state index < -0.39 is 9.84 Å². The zero-order valence-corrected chi connectivity index (χ0v) is 17.4. The van der Waals surface area contributed by atoms with Crippen LogP contribution < -0.4 is 5.32 Å². The second-order valence-corrected chi connectivity index (χ2v) is 10.6. The summed E-state index contributed by atoms with van der Waals surface area (Å²) in [6.07, 6.45) is 4.51. The predicted molar refractivity (Wildman–Crippen MR) is 109 cm³/mol. The number of carbonyl (C=O) groups excluding carboxylic acids is 1. The SMILES string of the molecule is Cc1ccc(CC2CCN(C(=O)NCC3CCS(=O)(=O)CC3)CC2)cc1C. The highest BCUT2D eigenvalue weighted by Crippen LogP contribution is 2.23. The summed E-state index contributed by atoms with van der Waals surface area (Å²) in [6.45, 7) is 6.51. The molecule has 27 heavy (non-hydrogen) atoms. The number of urea groups is 1. The van der Waals surface area contributed by atoms with E-state index in [2.05, 4.69) is 37.4 Å². The molecule has 0 atom stereocenters. The van der Waals surface area contributed by atoms with E-state index >= 15 is 0 Å². The van der Waals surface area contributed by atoms with Gasteiger partial charge in [-0.3, -0.25) is 0 Å². The summed E-state index contributed by atoms with van der Waals surface area (Å²) in [5.74, 6) is 1.45. The summed E-state index contributed by atoms with van der Waals surface area (Å²) in [5, 5.41) is 3.02. The molecule has 1 N–H and O–H groups in total. The van der Waals surface area contributed by atoms with Crippen LogP contribution >= 0.6 is 0 Å². The van der Waals surface area contributed by atoms with E-state index in [4.69, 9.17) is 0 Å². The average molecular weight is 393 g/mol. The predicted octanol–water partition coefficient (Wildman–Crippen LogP) is 3.09. The first-order valence-corrected chi connectivity index (χ1v) is 11.9. The van der Waals surface area contributed by atoms with Gasteiger partial charge in [0.15, 0.2) is 0 Å². The van der Waals surface area contributed by atoms with Crippen LogP contribution in [0.5, 0.6) is 0 Å². The van der Waals surface area contributed by atoms with Gasteiger partial charge in [0, 0.05) is 19.6 Å². The van der Waals surface area contributed by atoms with Crippen LogP contribution in [0.1, 0.15) is 42.4 Å². The molecule has 2 saturated heterocycles. The molecule has 0 aromatic heterocycles. The van der Waals surface area contributed by atoms with Gasteiger partial charge < -0.3 is 10.2 Å². The van der Waals surface area contributed by atoms with Crippen LogP contribution in [0.2, 0.25) is 0 Å². The number of rotatable bonds is 4. The van der Waals surface area contributed by atoms with Crippen molar-refractivity contribution in [1.29, 1.82) is 0 Å². The number of sulfone groups is 1. The Morgan fingerprint density at radius 2 is 1.70 bits per heavy atom. The van der Waals surface area contributed by atoms with Gasteiger partial charge in [0.2, 0.25) is 0 Å². The third kappa shape index (κ3) is 5.71. The summed E-state index contributed by atoms with van der Waals surface area (Å²) in [5.41, 5.74) is 4.08. The highest BCUT2D eigenvalue weighted by Gasteiger charge is 2.26. The van der Waals surface area contributed by atoms with Crippen LogP contribution in [0.25, 0.3) is 0 Å². The van der Waals surface area contributed by atoms with Gasteiger partial charge in [0.25, 0.3) is 0 Å². The minimum absolute atomic E-state index is 0.00746. The molecular formula is C21H32N2O3S. The van der Waals surface area contributed by atoms with Crippen molar-refractivity contribution in [3.63, 3.8) is 0 Å².